The molecule has 0 N–H and O–H groups in total. The highest BCUT2D eigenvalue weighted by Gasteiger charge is 2.37. The topological polar surface area (TPSA) is 51.2 Å². The van der Waals surface area contributed by atoms with E-state index < -0.39 is 26.2 Å². The lowest BCUT2D eigenvalue weighted by Gasteiger charge is -2.20. The van der Waals surface area contributed by atoms with Crippen molar-refractivity contribution in [3.05, 3.63) is 35.6 Å². The van der Waals surface area contributed by atoms with E-state index in [1.54, 1.807) is 6.07 Å². The molecule has 0 bridgehead atoms. The van der Waals surface area contributed by atoms with Crippen molar-refractivity contribution in [2.75, 3.05) is 6.26 Å². The average Bonchev–Trinajstić information content (AvgIpc) is 2.19. The minimum absolute atomic E-state index is 0.216. The Morgan fingerprint density at radius 3 is 2.29 bits per heavy atom. The highest BCUT2D eigenvalue weighted by Crippen LogP contribution is 2.20. The molecule has 3 nitrogen and oxygen atoms in total. The zero-order chi connectivity index (χ0) is 13.3. The molecule has 0 aliphatic carbocycles. The van der Waals surface area contributed by atoms with Crippen molar-refractivity contribution < 1.29 is 17.6 Å². The average molecular weight is 258 g/mol. The molecule has 1 rings (SSSR count). The molecule has 0 radical (unpaired) electrons. The lowest BCUT2D eigenvalue weighted by molar-refractivity contribution is -0.120. The summed E-state index contributed by atoms with van der Waals surface area (Å²) >= 11 is 0. The quantitative estimate of drug-likeness (QED) is 0.827. The van der Waals surface area contributed by atoms with Gasteiger partial charge < -0.3 is 0 Å². The van der Waals surface area contributed by atoms with Crippen LogP contribution in [0.2, 0.25) is 0 Å². The van der Waals surface area contributed by atoms with Crippen LogP contribution >= 0.6 is 0 Å². The van der Waals surface area contributed by atoms with Crippen molar-refractivity contribution in [3.63, 3.8) is 0 Å². The van der Waals surface area contributed by atoms with Crippen LogP contribution in [0.5, 0.6) is 0 Å². The molecule has 0 unspecified atom stereocenters. The third-order valence-corrected chi connectivity index (χ3v) is 4.99. The number of Topliss-reactive ketones (excluding diaryl/α,β-unsaturated/α-hetero) is 1. The zero-order valence-corrected chi connectivity index (χ0v) is 10.8. The number of ketones is 1. The fourth-order valence-corrected chi connectivity index (χ4v) is 1.72. The summed E-state index contributed by atoms with van der Waals surface area (Å²) < 4.78 is 34.8. The van der Waals surface area contributed by atoms with Gasteiger partial charge in [-0.25, -0.2) is 12.8 Å². The van der Waals surface area contributed by atoms with E-state index >= 15 is 0 Å². The molecule has 0 aromatic heterocycles. The smallest absolute Gasteiger partial charge is 0.159 e. The molecule has 1 aromatic carbocycles. The van der Waals surface area contributed by atoms with Crippen LogP contribution in [0, 0.1) is 5.82 Å². The van der Waals surface area contributed by atoms with Gasteiger partial charge in [-0.1, -0.05) is 18.2 Å². The number of rotatable bonds is 4. The molecular formula is C12H15FO3S. The molecule has 0 heterocycles. The molecule has 94 valence electrons. The molecule has 0 spiro atoms. The minimum atomic E-state index is -3.51. The highest BCUT2D eigenvalue weighted by molar-refractivity contribution is 7.92. The first kappa shape index (κ1) is 13.8. The molecule has 0 aliphatic rings. The third kappa shape index (κ3) is 2.91. The van der Waals surface area contributed by atoms with Crippen LogP contribution in [0.1, 0.15) is 19.4 Å². The Morgan fingerprint density at radius 2 is 1.82 bits per heavy atom. The number of hydrogen-bond donors (Lipinski definition) is 0. The Balaban J connectivity index is 2.99. The molecular weight excluding hydrogens is 243 g/mol. The van der Waals surface area contributed by atoms with Crippen molar-refractivity contribution in [1.29, 1.82) is 0 Å². The Morgan fingerprint density at radius 1 is 1.29 bits per heavy atom. The van der Waals surface area contributed by atoms with E-state index in [0.29, 0.717) is 0 Å². The van der Waals surface area contributed by atoms with Crippen molar-refractivity contribution in [2.45, 2.75) is 25.0 Å². The Labute approximate surface area is 101 Å². The number of hydrogen-bond acceptors (Lipinski definition) is 3. The SMILES string of the molecule is CC(C)(C(=O)Cc1ccccc1F)S(C)(=O)=O. The standard InChI is InChI=1S/C12H15FO3S/c1-12(2,17(3,15)16)11(14)8-9-6-4-5-7-10(9)13/h4-7H,8H2,1-3H3. The fourth-order valence-electron chi connectivity index (χ4n) is 1.23. The van der Waals surface area contributed by atoms with Crippen molar-refractivity contribution in [2.24, 2.45) is 0 Å². The van der Waals surface area contributed by atoms with Gasteiger partial charge in [0.25, 0.3) is 0 Å². The number of sulfone groups is 1. The van der Waals surface area contributed by atoms with Gasteiger partial charge in [-0.3, -0.25) is 4.79 Å². The lowest BCUT2D eigenvalue weighted by atomic mass is 10.00. The minimum Gasteiger partial charge on any atom is -0.298 e. The maximum Gasteiger partial charge on any atom is 0.159 e. The van der Waals surface area contributed by atoms with E-state index in [1.165, 1.54) is 32.0 Å². The van der Waals surface area contributed by atoms with Gasteiger partial charge in [0.15, 0.2) is 15.6 Å². The predicted octanol–water partition coefficient (Wildman–Crippen LogP) is 1.76. The van der Waals surface area contributed by atoms with Crippen LogP contribution in [0.15, 0.2) is 24.3 Å². The lowest BCUT2D eigenvalue weighted by Crippen LogP contribution is -2.41. The first-order chi connectivity index (χ1) is 7.66. The number of carbonyl (C=O) groups excluding carboxylic acids is 1. The van der Waals surface area contributed by atoms with E-state index in [2.05, 4.69) is 0 Å². The van der Waals surface area contributed by atoms with Gasteiger partial charge in [-0.05, 0) is 25.5 Å². The second-order valence-electron chi connectivity index (χ2n) is 4.47. The Hall–Kier alpha value is -1.23. The van der Waals surface area contributed by atoms with Gasteiger partial charge >= 0.3 is 0 Å². The monoisotopic (exact) mass is 258 g/mol. The van der Waals surface area contributed by atoms with Gasteiger partial charge in [-0.2, -0.15) is 0 Å². The summed E-state index contributed by atoms with van der Waals surface area (Å²) in [5.74, 6) is -1.00. The van der Waals surface area contributed by atoms with E-state index in [-0.39, 0.29) is 12.0 Å². The summed E-state index contributed by atoms with van der Waals surface area (Å²) in [4.78, 5) is 11.9. The molecule has 0 amide bonds. The number of benzene rings is 1. The summed E-state index contributed by atoms with van der Waals surface area (Å²) in [6, 6.07) is 5.85. The largest absolute Gasteiger partial charge is 0.298 e. The summed E-state index contributed by atoms with van der Waals surface area (Å²) in [6.45, 7) is 2.68. The Kier molecular flexibility index (Phi) is 3.71. The third-order valence-electron chi connectivity index (χ3n) is 2.91. The predicted molar refractivity (Wildman–Crippen MR) is 64.0 cm³/mol. The van der Waals surface area contributed by atoms with Gasteiger partial charge in [0.2, 0.25) is 0 Å². The van der Waals surface area contributed by atoms with Gasteiger partial charge in [0, 0.05) is 12.7 Å². The van der Waals surface area contributed by atoms with Gasteiger partial charge in [-0.15, -0.1) is 0 Å². The van der Waals surface area contributed by atoms with E-state index in [9.17, 15) is 17.6 Å². The van der Waals surface area contributed by atoms with Crippen LogP contribution in [0.4, 0.5) is 4.39 Å². The van der Waals surface area contributed by atoms with Crippen LogP contribution in [-0.2, 0) is 21.1 Å². The van der Waals surface area contributed by atoms with Crippen LogP contribution in [0.3, 0.4) is 0 Å². The summed E-state index contributed by atoms with van der Waals surface area (Å²) in [6.07, 6.45) is 0.791. The molecule has 0 atom stereocenters. The molecule has 1 aromatic rings. The maximum atomic E-state index is 13.3. The second-order valence-corrected chi connectivity index (χ2v) is 7.04. The maximum absolute atomic E-state index is 13.3. The van der Waals surface area contributed by atoms with Crippen LogP contribution in [0.25, 0.3) is 0 Å². The molecule has 17 heavy (non-hydrogen) atoms. The number of carbonyl (C=O) groups is 1. The number of halogens is 1. The second kappa shape index (κ2) is 4.56. The molecule has 0 fully saturated rings. The zero-order valence-electron chi connectivity index (χ0n) is 10.0. The normalized spacial score (nSPS) is 12.5. The van der Waals surface area contributed by atoms with E-state index in [4.69, 9.17) is 0 Å². The molecule has 5 heteroatoms. The molecule has 0 saturated heterocycles. The van der Waals surface area contributed by atoms with Crippen LogP contribution in [-0.4, -0.2) is 25.2 Å². The van der Waals surface area contributed by atoms with Crippen molar-refractivity contribution in [3.8, 4) is 0 Å². The first-order valence-electron chi connectivity index (χ1n) is 5.12. The molecule has 0 saturated carbocycles. The summed E-state index contributed by atoms with van der Waals surface area (Å²) in [5, 5.41) is 0. The Bertz CT molecular complexity index is 532. The van der Waals surface area contributed by atoms with Crippen molar-refractivity contribution in [1.82, 2.24) is 0 Å². The van der Waals surface area contributed by atoms with Gasteiger partial charge in [0.05, 0.1) is 0 Å². The summed E-state index contributed by atoms with van der Waals surface area (Å²) in [7, 11) is -3.51. The fraction of sp³-hybridized carbons (Fsp3) is 0.417. The van der Waals surface area contributed by atoms with E-state index in [0.717, 1.165) is 6.26 Å². The first-order valence-corrected chi connectivity index (χ1v) is 7.01. The highest BCUT2D eigenvalue weighted by atomic mass is 32.2. The van der Waals surface area contributed by atoms with Crippen LogP contribution < -0.4 is 0 Å². The summed E-state index contributed by atoms with van der Waals surface area (Å²) in [5.41, 5.74) is 0.217. The van der Waals surface area contributed by atoms with E-state index in [1.807, 2.05) is 0 Å². The molecule has 0 aliphatic heterocycles. The van der Waals surface area contributed by atoms with Gasteiger partial charge in [0.1, 0.15) is 10.6 Å². The van der Waals surface area contributed by atoms with Crippen molar-refractivity contribution >= 4 is 15.6 Å².